The highest BCUT2D eigenvalue weighted by molar-refractivity contribution is 6.48. The van der Waals surface area contributed by atoms with Crippen molar-refractivity contribution < 1.29 is 14.7 Å². The Morgan fingerprint density at radius 3 is 2.60 bits per heavy atom. The molecule has 4 nitrogen and oxygen atoms in total. The number of nitrogens with one attached hydrogen (secondary N) is 1. The molecular weight excluding hydrogens is 374 g/mol. The van der Waals surface area contributed by atoms with E-state index in [1.165, 1.54) is 24.5 Å². The summed E-state index contributed by atoms with van der Waals surface area (Å²) < 4.78 is 0. The van der Waals surface area contributed by atoms with Gasteiger partial charge in [-0.2, -0.15) is 0 Å². The molecule has 0 saturated heterocycles. The topological polar surface area (TPSA) is 66.4 Å². The van der Waals surface area contributed by atoms with Crippen LogP contribution in [0.3, 0.4) is 0 Å². The fourth-order valence-corrected chi connectivity index (χ4v) is 5.70. The Bertz CT molecular complexity index is 814. The molecule has 0 bridgehead atoms. The van der Waals surface area contributed by atoms with E-state index in [2.05, 4.69) is 52.9 Å². The summed E-state index contributed by atoms with van der Waals surface area (Å²) in [6.45, 7) is 14.1. The summed E-state index contributed by atoms with van der Waals surface area (Å²) in [5, 5.41) is 14.2. The van der Waals surface area contributed by atoms with Crippen molar-refractivity contribution in [2.45, 2.75) is 80.1 Å². The van der Waals surface area contributed by atoms with Crippen molar-refractivity contribution in [2.24, 2.45) is 28.6 Å². The smallest absolute Gasteiger partial charge is 0.232 e. The number of fused-ring (bicyclic) bond motifs is 1. The van der Waals surface area contributed by atoms with Gasteiger partial charge in [0.2, 0.25) is 11.6 Å². The van der Waals surface area contributed by atoms with Crippen molar-refractivity contribution in [3.8, 4) is 0 Å². The third-order valence-electron chi connectivity index (χ3n) is 7.97. The zero-order valence-electron chi connectivity index (χ0n) is 19.6. The zero-order valence-corrected chi connectivity index (χ0v) is 19.6. The lowest BCUT2D eigenvalue weighted by molar-refractivity contribution is -0.132. The number of carbonyl (C=O) groups is 2. The van der Waals surface area contributed by atoms with E-state index in [1.807, 2.05) is 0 Å². The van der Waals surface area contributed by atoms with E-state index in [-0.39, 0.29) is 16.6 Å². The van der Waals surface area contributed by atoms with Gasteiger partial charge in [-0.05, 0) is 60.7 Å². The first-order valence-electron chi connectivity index (χ1n) is 11.6. The molecule has 0 amide bonds. The van der Waals surface area contributed by atoms with Crippen molar-refractivity contribution in [1.82, 2.24) is 5.32 Å². The maximum absolute atomic E-state index is 12.8. The normalized spacial score (nSPS) is 31.4. The molecule has 0 spiro atoms. The number of hydrogen-bond donors (Lipinski definition) is 2. The number of aliphatic hydroxyl groups excluding tert-OH is 1. The lowest BCUT2D eigenvalue weighted by Crippen LogP contribution is -2.45. The summed E-state index contributed by atoms with van der Waals surface area (Å²) in [6, 6.07) is 0. The molecule has 0 radical (unpaired) electrons. The van der Waals surface area contributed by atoms with Crippen LogP contribution in [0, 0.1) is 28.6 Å². The Balaban J connectivity index is 1.92. The largest absolute Gasteiger partial charge is 0.505 e. The van der Waals surface area contributed by atoms with E-state index in [9.17, 15) is 14.7 Å². The van der Waals surface area contributed by atoms with E-state index in [1.54, 1.807) is 0 Å². The van der Waals surface area contributed by atoms with Crippen molar-refractivity contribution in [1.29, 1.82) is 0 Å². The first kappa shape index (κ1) is 22.8. The Labute approximate surface area is 181 Å². The zero-order chi connectivity index (χ0) is 22.3. The highest BCUT2D eigenvalue weighted by Crippen LogP contribution is 2.58. The van der Waals surface area contributed by atoms with E-state index < -0.39 is 11.6 Å². The van der Waals surface area contributed by atoms with E-state index in [4.69, 9.17) is 0 Å². The second-order valence-electron chi connectivity index (χ2n) is 11.0. The van der Waals surface area contributed by atoms with Gasteiger partial charge in [-0.1, -0.05) is 59.6 Å². The van der Waals surface area contributed by atoms with Crippen molar-refractivity contribution in [2.75, 3.05) is 6.54 Å². The Morgan fingerprint density at radius 1 is 1.23 bits per heavy atom. The number of allylic oxidation sites excluding steroid dienone is 4. The van der Waals surface area contributed by atoms with Gasteiger partial charge in [-0.15, -0.1) is 0 Å². The quantitative estimate of drug-likeness (QED) is 0.335. The lowest BCUT2D eigenvalue weighted by Gasteiger charge is -2.53. The molecule has 2 N–H and O–H groups in total. The first-order chi connectivity index (χ1) is 14.0. The first-order valence-corrected chi connectivity index (χ1v) is 11.6. The minimum atomic E-state index is -0.540. The lowest BCUT2D eigenvalue weighted by atomic mass is 9.51. The van der Waals surface area contributed by atoms with E-state index >= 15 is 0 Å². The average Bonchev–Trinajstić information content (AvgIpc) is 2.66. The highest BCUT2D eigenvalue weighted by Gasteiger charge is 2.49. The molecule has 0 aliphatic heterocycles. The summed E-state index contributed by atoms with van der Waals surface area (Å²) in [4.78, 5) is 25.3. The number of carbonyl (C=O) groups excluding carboxylic acids is 2. The van der Waals surface area contributed by atoms with Crippen LogP contribution in [0.15, 0.2) is 34.8 Å². The van der Waals surface area contributed by atoms with Crippen LogP contribution >= 0.6 is 0 Å². The molecule has 0 aromatic heterocycles. The summed E-state index contributed by atoms with van der Waals surface area (Å²) in [7, 11) is 0. The van der Waals surface area contributed by atoms with Crippen LogP contribution in [-0.4, -0.2) is 23.2 Å². The van der Waals surface area contributed by atoms with Gasteiger partial charge in [0.15, 0.2) is 0 Å². The SMILES string of the molecule is CC(C)CCNC1=CC(=O)C(=O)C(C[C@@]2(C)[C@@H]3CCCC(C)(C)C3=CC[C@@H]2C)=C1O. The molecule has 3 atom stereocenters. The van der Waals surface area contributed by atoms with E-state index in [0.29, 0.717) is 42.0 Å². The fraction of sp³-hybridized carbons (Fsp3) is 0.692. The Hall–Kier alpha value is -1.84. The van der Waals surface area contributed by atoms with Crippen molar-refractivity contribution in [3.05, 3.63) is 34.8 Å². The monoisotopic (exact) mass is 413 g/mol. The number of hydrogen-bond acceptors (Lipinski definition) is 4. The number of rotatable bonds is 6. The van der Waals surface area contributed by atoms with Crippen LogP contribution in [0.4, 0.5) is 0 Å². The molecule has 0 unspecified atom stereocenters. The standard InChI is InChI=1S/C26H39NO3/c1-16(2)11-13-27-21-14-22(28)24(30)18(23(21)29)15-26(6)17(3)9-10-19-20(26)8-7-12-25(19,4)5/h10,14,16-17,20,27,29H,7-9,11-13,15H2,1-6H3/t17-,20+,26+/m0/s1. The van der Waals surface area contributed by atoms with Crippen LogP contribution in [0.5, 0.6) is 0 Å². The van der Waals surface area contributed by atoms with Gasteiger partial charge in [-0.3, -0.25) is 9.59 Å². The summed E-state index contributed by atoms with van der Waals surface area (Å²) in [5.41, 5.74) is 2.24. The van der Waals surface area contributed by atoms with Crippen LogP contribution in [-0.2, 0) is 9.59 Å². The minimum Gasteiger partial charge on any atom is -0.505 e. The molecule has 1 fully saturated rings. The van der Waals surface area contributed by atoms with Gasteiger partial charge in [0.25, 0.3) is 0 Å². The highest BCUT2D eigenvalue weighted by atomic mass is 16.3. The van der Waals surface area contributed by atoms with Gasteiger partial charge < -0.3 is 10.4 Å². The molecule has 3 aliphatic rings. The van der Waals surface area contributed by atoms with Crippen LogP contribution < -0.4 is 5.32 Å². The maximum Gasteiger partial charge on any atom is 0.232 e. The number of aliphatic hydroxyl groups is 1. The van der Waals surface area contributed by atoms with Gasteiger partial charge in [0, 0.05) is 18.2 Å². The maximum atomic E-state index is 12.8. The predicted octanol–water partition coefficient (Wildman–Crippen LogP) is 5.66. The summed E-state index contributed by atoms with van der Waals surface area (Å²) in [5.74, 6) is 0.195. The van der Waals surface area contributed by atoms with Crippen LogP contribution in [0.1, 0.15) is 80.1 Å². The third kappa shape index (κ3) is 4.15. The molecule has 3 rings (SSSR count). The molecule has 4 heteroatoms. The molecule has 0 heterocycles. The molecule has 1 saturated carbocycles. The Kier molecular flexibility index (Phi) is 6.36. The second kappa shape index (κ2) is 8.36. The van der Waals surface area contributed by atoms with Crippen molar-refractivity contribution >= 4 is 11.6 Å². The molecule has 0 aromatic rings. The van der Waals surface area contributed by atoms with Crippen LogP contribution in [0.25, 0.3) is 0 Å². The summed E-state index contributed by atoms with van der Waals surface area (Å²) >= 11 is 0. The number of ketones is 2. The van der Waals surface area contributed by atoms with Gasteiger partial charge in [0.1, 0.15) is 5.76 Å². The van der Waals surface area contributed by atoms with Crippen molar-refractivity contribution in [3.63, 3.8) is 0 Å². The average molecular weight is 414 g/mol. The van der Waals surface area contributed by atoms with Gasteiger partial charge in [0.05, 0.1) is 5.70 Å². The Morgan fingerprint density at radius 2 is 1.93 bits per heavy atom. The fourth-order valence-electron chi connectivity index (χ4n) is 5.70. The molecule has 0 aromatic carbocycles. The summed E-state index contributed by atoms with van der Waals surface area (Å²) in [6.07, 6.45) is 9.54. The second-order valence-corrected chi connectivity index (χ2v) is 11.0. The molecular formula is C26H39NO3. The molecule has 166 valence electrons. The third-order valence-corrected chi connectivity index (χ3v) is 7.97. The molecule has 3 aliphatic carbocycles. The van der Waals surface area contributed by atoms with Gasteiger partial charge >= 0.3 is 0 Å². The number of Topliss-reactive ketones (excluding diaryl/α,β-unsaturated/α-hetero) is 1. The van der Waals surface area contributed by atoms with Crippen LogP contribution in [0.2, 0.25) is 0 Å². The van der Waals surface area contributed by atoms with E-state index in [0.717, 1.165) is 19.3 Å². The minimum absolute atomic E-state index is 0.0250. The predicted molar refractivity (Wildman–Crippen MR) is 121 cm³/mol. The van der Waals surface area contributed by atoms with Gasteiger partial charge in [-0.25, -0.2) is 0 Å². The molecule has 30 heavy (non-hydrogen) atoms.